The first-order chi connectivity index (χ1) is 15.4. The average Bonchev–Trinajstić information content (AvgIpc) is 2.79. The monoisotopic (exact) mass is 498 g/mol. The lowest BCUT2D eigenvalue weighted by Crippen LogP contribution is -2.35. The zero-order chi connectivity index (χ0) is 23.1. The number of esters is 1. The summed E-state index contributed by atoms with van der Waals surface area (Å²) in [5.41, 5.74) is 2.96. The van der Waals surface area contributed by atoms with Crippen molar-refractivity contribution in [3.63, 3.8) is 0 Å². The number of methoxy groups -OCH3 is 1. The molecular formula is C24H23BrN2O5. The topological polar surface area (TPSA) is 86.2 Å². The minimum absolute atomic E-state index is 0.305. The Morgan fingerprint density at radius 1 is 1.12 bits per heavy atom. The minimum atomic E-state index is -0.747. The molecule has 0 aromatic heterocycles. The molecule has 0 saturated carbocycles. The van der Waals surface area contributed by atoms with Crippen LogP contribution >= 0.6 is 15.9 Å². The third kappa shape index (κ3) is 5.64. The van der Waals surface area contributed by atoms with Crippen molar-refractivity contribution in [2.75, 3.05) is 7.11 Å². The molecule has 0 aliphatic heterocycles. The minimum Gasteiger partial charge on any atom is -0.497 e. The average molecular weight is 499 g/mol. The second-order valence-electron chi connectivity index (χ2n) is 6.85. The van der Waals surface area contributed by atoms with Crippen LogP contribution in [0.15, 0.2) is 64.2 Å². The van der Waals surface area contributed by atoms with Gasteiger partial charge < -0.3 is 14.2 Å². The molecule has 3 rings (SSSR count). The molecule has 1 unspecified atom stereocenters. The maximum atomic E-state index is 12.7. The predicted octanol–water partition coefficient (Wildman–Crippen LogP) is 4.84. The summed E-state index contributed by atoms with van der Waals surface area (Å²) in [4.78, 5) is 24.0. The van der Waals surface area contributed by atoms with Crippen molar-refractivity contribution in [2.45, 2.75) is 26.4 Å². The van der Waals surface area contributed by atoms with Crippen LogP contribution in [0.3, 0.4) is 0 Å². The van der Waals surface area contributed by atoms with Crippen LogP contribution in [0.25, 0.3) is 10.8 Å². The van der Waals surface area contributed by atoms with E-state index in [-0.39, 0.29) is 0 Å². The molecule has 0 saturated heterocycles. The first kappa shape index (κ1) is 23.3. The summed E-state index contributed by atoms with van der Waals surface area (Å²) >= 11 is 3.57. The fraction of sp³-hybridized carbons (Fsp3) is 0.208. The van der Waals surface area contributed by atoms with Crippen LogP contribution in [-0.4, -0.2) is 31.3 Å². The van der Waals surface area contributed by atoms with Gasteiger partial charge in [0.25, 0.3) is 5.91 Å². The van der Waals surface area contributed by atoms with Crippen molar-refractivity contribution >= 4 is 44.8 Å². The molecule has 7 nitrogen and oxygen atoms in total. The quantitative estimate of drug-likeness (QED) is 0.207. The molecule has 3 aromatic rings. The van der Waals surface area contributed by atoms with Crippen molar-refractivity contribution in [2.24, 2.45) is 5.10 Å². The first-order valence-corrected chi connectivity index (χ1v) is 10.8. The van der Waals surface area contributed by atoms with Crippen LogP contribution < -0.4 is 19.6 Å². The van der Waals surface area contributed by atoms with E-state index in [9.17, 15) is 9.59 Å². The lowest BCUT2D eigenvalue weighted by molar-refractivity contribution is -0.132. The van der Waals surface area contributed by atoms with Gasteiger partial charge in [-0.15, -0.1) is 0 Å². The number of amides is 1. The highest BCUT2D eigenvalue weighted by Crippen LogP contribution is 2.34. The largest absolute Gasteiger partial charge is 0.497 e. The van der Waals surface area contributed by atoms with Gasteiger partial charge in [-0.1, -0.05) is 37.3 Å². The number of nitrogens with zero attached hydrogens (tertiary/aromatic N) is 1. The van der Waals surface area contributed by atoms with E-state index in [1.807, 2.05) is 43.3 Å². The van der Waals surface area contributed by atoms with E-state index in [2.05, 4.69) is 26.5 Å². The molecule has 0 fully saturated rings. The molecule has 0 aliphatic carbocycles. The third-order valence-electron chi connectivity index (χ3n) is 4.61. The molecule has 3 aromatic carbocycles. The number of hydrogen-bond acceptors (Lipinski definition) is 6. The zero-order valence-corrected chi connectivity index (χ0v) is 19.5. The molecule has 1 N–H and O–H groups in total. The zero-order valence-electron chi connectivity index (χ0n) is 17.9. The fourth-order valence-electron chi connectivity index (χ4n) is 3.02. The van der Waals surface area contributed by atoms with E-state index in [1.54, 1.807) is 18.2 Å². The standard InChI is InChI=1S/C24H23BrN2O5/c1-4-20(32-22-11-9-16-7-5-6-8-19(16)23(22)25)24(29)27-26-14-17-13-18(30-3)10-12-21(17)31-15(2)28/h5-14,20H,4H2,1-3H3,(H,27,29)/b26-14+. The van der Waals surface area contributed by atoms with E-state index in [4.69, 9.17) is 14.2 Å². The summed E-state index contributed by atoms with van der Waals surface area (Å²) in [6.45, 7) is 3.16. The van der Waals surface area contributed by atoms with Gasteiger partial charge >= 0.3 is 5.97 Å². The molecule has 0 aliphatic rings. The molecule has 0 heterocycles. The summed E-state index contributed by atoms with van der Waals surface area (Å²) in [5.74, 6) is 0.568. The Kier molecular flexibility index (Phi) is 7.83. The van der Waals surface area contributed by atoms with Gasteiger partial charge in [0, 0.05) is 12.5 Å². The van der Waals surface area contributed by atoms with Gasteiger partial charge in [0.1, 0.15) is 17.2 Å². The van der Waals surface area contributed by atoms with Crippen molar-refractivity contribution < 1.29 is 23.8 Å². The summed E-state index contributed by atoms with van der Waals surface area (Å²) in [7, 11) is 1.53. The smallest absolute Gasteiger partial charge is 0.308 e. The maximum absolute atomic E-state index is 12.7. The van der Waals surface area contributed by atoms with Gasteiger partial charge in [0.15, 0.2) is 6.10 Å². The van der Waals surface area contributed by atoms with E-state index in [0.29, 0.717) is 29.2 Å². The normalized spacial score (nSPS) is 11.9. The van der Waals surface area contributed by atoms with E-state index >= 15 is 0 Å². The second-order valence-corrected chi connectivity index (χ2v) is 7.64. The highest BCUT2D eigenvalue weighted by atomic mass is 79.9. The lowest BCUT2D eigenvalue weighted by atomic mass is 10.1. The Balaban J connectivity index is 1.73. The third-order valence-corrected chi connectivity index (χ3v) is 5.43. The number of nitrogens with one attached hydrogen (secondary N) is 1. The maximum Gasteiger partial charge on any atom is 0.308 e. The second kappa shape index (κ2) is 10.8. The molecule has 0 spiro atoms. The highest BCUT2D eigenvalue weighted by molar-refractivity contribution is 9.10. The van der Waals surface area contributed by atoms with Crippen molar-refractivity contribution in [1.29, 1.82) is 0 Å². The molecule has 166 valence electrons. The molecule has 1 atom stereocenters. The van der Waals surface area contributed by atoms with Gasteiger partial charge in [-0.25, -0.2) is 5.43 Å². The van der Waals surface area contributed by atoms with E-state index in [1.165, 1.54) is 20.2 Å². The van der Waals surface area contributed by atoms with E-state index in [0.717, 1.165) is 15.2 Å². The van der Waals surface area contributed by atoms with Crippen LogP contribution in [0.2, 0.25) is 0 Å². The fourth-order valence-corrected chi connectivity index (χ4v) is 3.61. The Labute approximate surface area is 194 Å². The molecule has 0 bridgehead atoms. The van der Waals surface area contributed by atoms with Gasteiger partial charge in [0.2, 0.25) is 0 Å². The molecule has 1 amide bonds. The number of halogens is 1. The molecule has 32 heavy (non-hydrogen) atoms. The summed E-state index contributed by atoms with van der Waals surface area (Å²) < 4.78 is 17.1. The van der Waals surface area contributed by atoms with Crippen molar-refractivity contribution in [3.05, 3.63) is 64.6 Å². The van der Waals surface area contributed by atoms with Crippen LogP contribution in [-0.2, 0) is 9.59 Å². The molecular weight excluding hydrogens is 476 g/mol. The number of hydrogen-bond donors (Lipinski definition) is 1. The van der Waals surface area contributed by atoms with Crippen LogP contribution in [0.1, 0.15) is 25.8 Å². The van der Waals surface area contributed by atoms with Gasteiger partial charge in [-0.2, -0.15) is 5.10 Å². The Morgan fingerprint density at radius 3 is 2.59 bits per heavy atom. The van der Waals surface area contributed by atoms with Crippen LogP contribution in [0.4, 0.5) is 0 Å². The number of carbonyl (C=O) groups excluding carboxylic acids is 2. The van der Waals surface area contributed by atoms with Gasteiger partial charge in [-0.05, 0) is 57.4 Å². The Morgan fingerprint density at radius 2 is 1.88 bits per heavy atom. The first-order valence-electron chi connectivity index (χ1n) is 9.96. The number of carbonyl (C=O) groups is 2. The van der Waals surface area contributed by atoms with E-state index < -0.39 is 18.0 Å². The van der Waals surface area contributed by atoms with Gasteiger partial charge in [-0.3, -0.25) is 9.59 Å². The van der Waals surface area contributed by atoms with Gasteiger partial charge in [0.05, 0.1) is 17.8 Å². The Bertz CT molecular complexity index is 1160. The summed E-state index contributed by atoms with van der Waals surface area (Å²) in [5, 5.41) is 6.06. The lowest BCUT2D eigenvalue weighted by Gasteiger charge is -2.17. The highest BCUT2D eigenvalue weighted by Gasteiger charge is 2.20. The summed E-state index contributed by atoms with van der Waals surface area (Å²) in [6, 6.07) is 16.6. The number of ether oxygens (including phenoxy) is 3. The SMILES string of the molecule is CCC(Oc1ccc2ccccc2c1Br)C(=O)N/N=C/c1cc(OC)ccc1OC(C)=O. The number of hydrazone groups is 1. The van der Waals surface area contributed by atoms with Crippen LogP contribution in [0, 0.1) is 0 Å². The van der Waals surface area contributed by atoms with Crippen LogP contribution in [0.5, 0.6) is 17.2 Å². The number of rotatable bonds is 8. The molecule has 0 radical (unpaired) electrons. The van der Waals surface area contributed by atoms with Crippen molar-refractivity contribution in [3.8, 4) is 17.2 Å². The Hall–Kier alpha value is -3.39. The summed E-state index contributed by atoms with van der Waals surface area (Å²) in [6.07, 6.45) is 1.08. The van der Waals surface area contributed by atoms with Crippen molar-refractivity contribution in [1.82, 2.24) is 5.43 Å². The number of fused-ring (bicyclic) bond motifs is 1. The predicted molar refractivity (Wildman–Crippen MR) is 126 cm³/mol. The molecule has 8 heteroatoms. The number of benzene rings is 3.